The number of hydrogen-bond acceptors (Lipinski definition) is 3. The highest BCUT2D eigenvalue weighted by Crippen LogP contribution is 2.32. The van der Waals surface area contributed by atoms with Gasteiger partial charge in [-0.05, 0) is 56.9 Å². The quantitative estimate of drug-likeness (QED) is 0.846. The summed E-state index contributed by atoms with van der Waals surface area (Å²) in [4.78, 5) is 2.73. The highest BCUT2D eigenvalue weighted by Gasteiger charge is 2.30. The molecule has 1 saturated heterocycles. The van der Waals surface area contributed by atoms with Gasteiger partial charge in [-0.15, -0.1) is 0 Å². The third kappa shape index (κ3) is 4.14. The van der Waals surface area contributed by atoms with Crippen molar-refractivity contribution < 1.29 is 0 Å². The van der Waals surface area contributed by atoms with Crippen molar-refractivity contribution in [3.05, 3.63) is 0 Å². The molecular weight excluding hydrogens is 240 g/mol. The second kappa shape index (κ2) is 7.76. The normalized spacial score (nSPS) is 35.3. The third-order valence-corrected chi connectivity index (χ3v) is 5.90. The Balaban J connectivity index is 1.86. The zero-order valence-electron chi connectivity index (χ0n) is 12.2. The summed E-state index contributed by atoms with van der Waals surface area (Å²) in [5, 5.41) is 3.57. The maximum absolute atomic E-state index is 3.57. The van der Waals surface area contributed by atoms with Gasteiger partial charge in [0.15, 0.2) is 0 Å². The van der Waals surface area contributed by atoms with E-state index in [1.165, 1.54) is 63.2 Å². The summed E-state index contributed by atoms with van der Waals surface area (Å²) in [5.74, 6) is 4.58. The van der Waals surface area contributed by atoms with Crippen LogP contribution in [0.25, 0.3) is 0 Å². The molecule has 0 aromatic rings. The molecular formula is C15H30N2S. The van der Waals surface area contributed by atoms with Gasteiger partial charge in [0, 0.05) is 24.9 Å². The fourth-order valence-corrected chi connectivity index (χ4v) is 4.55. The van der Waals surface area contributed by atoms with Crippen molar-refractivity contribution in [2.45, 2.75) is 45.1 Å². The van der Waals surface area contributed by atoms with Crippen LogP contribution in [0.1, 0.15) is 39.0 Å². The zero-order valence-corrected chi connectivity index (χ0v) is 13.0. The first-order valence-electron chi connectivity index (χ1n) is 7.80. The van der Waals surface area contributed by atoms with Gasteiger partial charge in [-0.3, -0.25) is 0 Å². The number of hydrogen-bond donors (Lipinski definition) is 1. The van der Waals surface area contributed by atoms with Crippen LogP contribution in [0.5, 0.6) is 0 Å². The molecule has 1 aliphatic carbocycles. The van der Waals surface area contributed by atoms with Crippen LogP contribution in [0.4, 0.5) is 0 Å². The highest BCUT2D eigenvalue weighted by atomic mass is 32.2. The largest absolute Gasteiger partial charge is 0.317 e. The third-order valence-electron chi connectivity index (χ3n) is 4.85. The smallest absolute Gasteiger partial charge is 0.0105 e. The molecule has 2 fully saturated rings. The molecule has 18 heavy (non-hydrogen) atoms. The van der Waals surface area contributed by atoms with E-state index >= 15 is 0 Å². The fraction of sp³-hybridized carbons (Fsp3) is 1.00. The van der Waals surface area contributed by atoms with Gasteiger partial charge in [0.2, 0.25) is 0 Å². The van der Waals surface area contributed by atoms with Gasteiger partial charge in [0.25, 0.3) is 0 Å². The summed E-state index contributed by atoms with van der Waals surface area (Å²) < 4.78 is 0. The van der Waals surface area contributed by atoms with Crippen molar-refractivity contribution in [1.29, 1.82) is 0 Å². The first-order valence-corrected chi connectivity index (χ1v) is 8.96. The van der Waals surface area contributed by atoms with Crippen molar-refractivity contribution in [3.8, 4) is 0 Å². The molecule has 2 nitrogen and oxygen atoms in total. The van der Waals surface area contributed by atoms with E-state index in [0.29, 0.717) is 0 Å². The van der Waals surface area contributed by atoms with Crippen LogP contribution in [0.15, 0.2) is 0 Å². The average molecular weight is 270 g/mol. The minimum Gasteiger partial charge on any atom is -0.317 e. The van der Waals surface area contributed by atoms with Gasteiger partial charge < -0.3 is 10.2 Å². The topological polar surface area (TPSA) is 15.3 Å². The maximum Gasteiger partial charge on any atom is 0.0105 e. The summed E-state index contributed by atoms with van der Waals surface area (Å²) in [7, 11) is 2.15. The molecule has 1 aliphatic heterocycles. The Kier molecular flexibility index (Phi) is 6.33. The van der Waals surface area contributed by atoms with Crippen LogP contribution in [0.2, 0.25) is 0 Å². The van der Waals surface area contributed by atoms with Crippen molar-refractivity contribution in [3.63, 3.8) is 0 Å². The second-order valence-electron chi connectivity index (χ2n) is 6.01. The Hall–Kier alpha value is 0.270. The molecule has 1 saturated carbocycles. The molecule has 2 aliphatic rings. The van der Waals surface area contributed by atoms with Gasteiger partial charge in [-0.1, -0.05) is 13.3 Å². The molecule has 0 amide bonds. The van der Waals surface area contributed by atoms with Gasteiger partial charge >= 0.3 is 0 Å². The van der Waals surface area contributed by atoms with Gasteiger partial charge in [0.1, 0.15) is 0 Å². The van der Waals surface area contributed by atoms with Gasteiger partial charge in [0.05, 0.1) is 0 Å². The van der Waals surface area contributed by atoms with E-state index in [0.717, 1.165) is 17.9 Å². The molecule has 3 heteroatoms. The molecule has 2 rings (SSSR count). The average Bonchev–Trinajstić information content (AvgIpc) is 2.67. The molecule has 3 unspecified atom stereocenters. The lowest BCUT2D eigenvalue weighted by Crippen LogP contribution is -2.45. The lowest BCUT2D eigenvalue weighted by atomic mass is 9.76. The first kappa shape index (κ1) is 14.7. The molecule has 3 atom stereocenters. The monoisotopic (exact) mass is 270 g/mol. The number of nitrogens with zero attached hydrogens (tertiary/aromatic N) is 1. The second-order valence-corrected chi connectivity index (χ2v) is 7.23. The highest BCUT2D eigenvalue weighted by molar-refractivity contribution is 7.99. The van der Waals surface area contributed by atoms with Crippen LogP contribution in [-0.2, 0) is 0 Å². The van der Waals surface area contributed by atoms with E-state index in [1.54, 1.807) is 0 Å². The number of nitrogens with one attached hydrogen (secondary N) is 1. The van der Waals surface area contributed by atoms with E-state index < -0.39 is 0 Å². The first-order chi connectivity index (χ1) is 8.83. The molecule has 0 spiro atoms. The maximum atomic E-state index is 3.57. The van der Waals surface area contributed by atoms with Crippen LogP contribution in [-0.4, -0.2) is 49.1 Å². The van der Waals surface area contributed by atoms with Crippen LogP contribution >= 0.6 is 11.8 Å². The predicted molar refractivity (Wildman–Crippen MR) is 82.4 cm³/mol. The van der Waals surface area contributed by atoms with Crippen LogP contribution in [0, 0.1) is 11.8 Å². The molecule has 106 valence electrons. The molecule has 1 N–H and O–H groups in total. The lowest BCUT2D eigenvalue weighted by Gasteiger charge is -2.38. The Bertz CT molecular complexity index is 227. The molecule has 0 bridgehead atoms. The van der Waals surface area contributed by atoms with Crippen molar-refractivity contribution in [2.75, 3.05) is 38.2 Å². The van der Waals surface area contributed by atoms with Gasteiger partial charge in [-0.2, -0.15) is 11.8 Å². The fourth-order valence-electron chi connectivity index (χ4n) is 3.63. The standard InChI is InChI=1S/C15H30N2S/c1-3-13-5-6-15(16-2)14(11-13)12-17-7-4-9-18-10-8-17/h13-16H,3-12H2,1-2H3. The minimum atomic E-state index is 0.767. The Morgan fingerprint density at radius 2 is 2.11 bits per heavy atom. The SMILES string of the molecule is CCC1CCC(NC)C(CN2CCCSCC2)C1. The number of thioether (sulfide) groups is 1. The van der Waals surface area contributed by atoms with E-state index in [-0.39, 0.29) is 0 Å². The van der Waals surface area contributed by atoms with Crippen LogP contribution < -0.4 is 5.32 Å². The van der Waals surface area contributed by atoms with Crippen molar-refractivity contribution in [1.82, 2.24) is 10.2 Å². The van der Waals surface area contributed by atoms with E-state index in [1.807, 2.05) is 0 Å². The van der Waals surface area contributed by atoms with E-state index in [2.05, 4.69) is 35.9 Å². The summed E-state index contributed by atoms with van der Waals surface area (Å²) in [5.41, 5.74) is 0. The van der Waals surface area contributed by atoms with Gasteiger partial charge in [-0.25, -0.2) is 0 Å². The Morgan fingerprint density at radius 1 is 1.22 bits per heavy atom. The van der Waals surface area contributed by atoms with Crippen LogP contribution in [0.3, 0.4) is 0 Å². The molecule has 0 radical (unpaired) electrons. The van der Waals surface area contributed by atoms with E-state index in [4.69, 9.17) is 0 Å². The zero-order chi connectivity index (χ0) is 12.8. The predicted octanol–water partition coefficient (Wildman–Crippen LogP) is 2.84. The Morgan fingerprint density at radius 3 is 2.89 bits per heavy atom. The summed E-state index contributed by atoms with van der Waals surface area (Å²) in [6.45, 7) is 6.34. The van der Waals surface area contributed by atoms with Crippen molar-refractivity contribution >= 4 is 11.8 Å². The molecule has 1 heterocycles. The summed E-state index contributed by atoms with van der Waals surface area (Å²) in [6.07, 6.45) is 7.05. The number of rotatable bonds is 4. The molecule has 0 aromatic heterocycles. The minimum absolute atomic E-state index is 0.767. The lowest BCUT2D eigenvalue weighted by molar-refractivity contribution is 0.146. The summed E-state index contributed by atoms with van der Waals surface area (Å²) in [6, 6.07) is 0.767. The van der Waals surface area contributed by atoms with E-state index in [9.17, 15) is 0 Å². The Labute approximate surface area is 117 Å². The summed E-state index contributed by atoms with van der Waals surface area (Å²) >= 11 is 2.14. The van der Waals surface area contributed by atoms with Crippen molar-refractivity contribution in [2.24, 2.45) is 11.8 Å². The molecule has 0 aromatic carbocycles.